The number of benzene rings is 2. The lowest BCUT2D eigenvalue weighted by molar-refractivity contribution is 0.0942. The Bertz CT molecular complexity index is 1060. The first-order valence-corrected chi connectivity index (χ1v) is 10.1. The molecule has 0 spiro atoms. The van der Waals surface area contributed by atoms with Gasteiger partial charge in [0.15, 0.2) is 0 Å². The highest BCUT2D eigenvalue weighted by atomic mass is 35.5. The van der Waals surface area contributed by atoms with Gasteiger partial charge >= 0.3 is 0 Å². The minimum atomic E-state index is -0.636. The van der Waals surface area contributed by atoms with Gasteiger partial charge in [0.2, 0.25) is 0 Å². The number of rotatable bonds is 8. The molecule has 0 heterocycles. The summed E-state index contributed by atoms with van der Waals surface area (Å²) < 4.78 is 0. The molecule has 2 aromatic carbocycles. The van der Waals surface area contributed by atoms with Crippen LogP contribution < -0.4 is 11.1 Å². The van der Waals surface area contributed by atoms with Gasteiger partial charge in [-0.05, 0) is 67.8 Å². The van der Waals surface area contributed by atoms with Crippen molar-refractivity contribution in [1.82, 2.24) is 5.32 Å². The Morgan fingerprint density at radius 2 is 1.84 bits per heavy atom. The fourth-order valence-corrected chi connectivity index (χ4v) is 2.88. The lowest BCUT2D eigenvalue weighted by atomic mass is 10.0. The van der Waals surface area contributed by atoms with E-state index in [1.165, 1.54) is 6.34 Å². The second-order valence-electron chi connectivity index (χ2n) is 6.17. The molecule has 0 aliphatic heterocycles. The number of nitrogens with zero attached hydrogens (tertiary/aromatic N) is 3. The van der Waals surface area contributed by atoms with E-state index in [9.17, 15) is 4.79 Å². The highest BCUT2D eigenvalue weighted by Crippen LogP contribution is 2.30. The van der Waals surface area contributed by atoms with Crippen LogP contribution in [0.25, 0.3) is 0 Å². The number of allylic oxidation sites excluding steroid dienone is 3. The molecule has 0 aromatic heterocycles. The summed E-state index contributed by atoms with van der Waals surface area (Å²) in [6.07, 6.45) is 5.79. The van der Waals surface area contributed by atoms with Crippen molar-refractivity contribution in [2.24, 2.45) is 20.7 Å². The van der Waals surface area contributed by atoms with Gasteiger partial charge < -0.3 is 11.1 Å². The maximum atomic E-state index is 12.9. The first kappa shape index (κ1) is 24.3. The lowest BCUT2D eigenvalue weighted by Crippen LogP contribution is -2.29. The van der Waals surface area contributed by atoms with Crippen LogP contribution in [0, 0.1) is 0 Å². The van der Waals surface area contributed by atoms with Gasteiger partial charge in [0.25, 0.3) is 5.91 Å². The maximum absolute atomic E-state index is 12.9. The SMILES string of the molecule is C=N/C(=C\C=C(/C)Cl)[C@@H](NC(=O)c1ccc(N=CN=CN)cc1)c1ccc(Cl)c(Cl)c1. The molecule has 2 rings (SSSR count). The monoisotopic (exact) mass is 475 g/mol. The number of amides is 1. The second-order valence-corrected chi connectivity index (χ2v) is 7.58. The summed E-state index contributed by atoms with van der Waals surface area (Å²) in [7, 11) is 0. The molecule has 9 heteroatoms. The summed E-state index contributed by atoms with van der Waals surface area (Å²) in [6.45, 7) is 5.35. The van der Waals surface area contributed by atoms with Crippen LogP contribution in [-0.4, -0.2) is 25.3 Å². The van der Waals surface area contributed by atoms with E-state index in [0.29, 0.717) is 37.6 Å². The van der Waals surface area contributed by atoms with Crippen LogP contribution in [0.1, 0.15) is 28.9 Å². The maximum Gasteiger partial charge on any atom is 0.252 e. The highest BCUT2D eigenvalue weighted by Gasteiger charge is 2.20. The van der Waals surface area contributed by atoms with Gasteiger partial charge in [-0.15, -0.1) is 0 Å². The van der Waals surface area contributed by atoms with Crippen molar-refractivity contribution in [3.05, 3.63) is 86.5 Å². The second kappa shape index (κ2) is 12.1. The summed E-state index contributed by atoms with van der Waals surface area (Å²) in [5.74, 6) is -0.326. The Hall–Kier alpha value is -2.93. The number of hydrogen-bond acceptors (Lipinski definition) is 3. The fraction of sp³-hybridized carbons (Fsp3) is 0.0909. The van der Waals surface area contributed by atoms with Gasteiger partial charge in [-0.3, -0.25) is 9.79 Å². The number of carbonyl (C=O) groups is 1. The van der Waals surface area contributed by atoms with E-state index in [-0.39, 0.29) is 5.91 Å². The number of hydrogen-bond donors (Lipinski definition) is 2. The van der Waals surface area contributed by atoms with Crippen molar-refractivity contribution in [3.63, 3.8) is 0 Å². The molecule has 1 amide bonds. The Morgan fingerprint density at radius 3 is 2.42 bits per heavy atom. The van der Waals surface area contributed by atoms with Crippen molar-refractivity contribution in [3.8, 4) is 0 Å². The molecule has 160 valence electrons. The smallest absolute Gasteiger partial charge is 0.252 e. The van der Waals surface area contributed by atoms with E-state index in [0.717, 1.165) is 6.34 Å². The first-order valence-electron chi connectivity index (χ1n) is 8.98. The molecular weight excluding hydrogens is 457 g/mol. The Morgan fingerprint density at radius 1 is 1.13 bits per heavy atom. The van der Waals surface area contributed by atoms with Crippen LogP contribution in [0.3, 0.4) is 0 Å². The molecular formula is C22H20Cl3N5O. The summed E-state index contributed by atoms with van der Waals surface area (Å²) >= 11 is 18.2. The number of carbonyl (C=O) groups excluding carboxylic acids is 1. The van der Waals surface area contributed by atoms with Crippen molar-refractivity contribution in [1.29, 1.82) is 0 Å². The van der Waals surface area contributed by atoms with E-state index in [1.807, 2.05) is 0 Å². The molecule has 1 atom stereocenters. The van der Waals surface area contributed by atoms with Crippen molar-refractivity contribution < 1.29 is 4.79 Å². The minimum absolute atomic E-state index is 0.326. The van der Waals surface area contributed by atoms with Gasteiger partial charge in [-0.2, -0.15) is 0 Å². The molecule has 0 aliphatic rings. The van der Waals surface area contributed by atoms with Gasteiger partial charge in [-0.25, -0.2) is 9.98 Å². The highest BCUT2D eigenvalue weighted by molar-refractivity contribution is 6.42. The van der Waals surface area contributed by atoms with Crippen LogP contribution >= 0.6 is 34.8 Å². The molecule has 0 aliphatic carbocycles. The van der Waals surface area contributed by atoms with Gasteiger partial charge in [0, 0.05) is 10.6 Å². The predicted octanol–water partition coefficient (Wildman–Crippen LogP) is 5.84. The molecule has 2 aromatic rings. The van der Waals surface area contributed by atoms with E-state index < -0.39 is 6.04 Å². The van der Waals surface area contributed by atoms with Crippen LogP contribution in [-0.2, 0) is 0 Å². The molecule has 0 fully saturated rings. The number of nitrogens with one attached hydrogen (secondary N) is 1. The zero-order valence-corrected chi connectivity index (χ0v) is 18.9. The number of nitrogens with two attached hydrogens (primary N) is 1. The molecule has 0 saturated carbocycles. The van der Waals surface area contributed by atoms with Gasteiger partial charge in [0.05, 0.1) is 33.8 Å². The first-order chi connectivity index (χ1) is 14.8. The molecule has 0 unspecified atom stereocenters. The molecule has 0 bridgehead atoms. The average molecular weight is 477 g/mol. The van der Waals surface area contributed by atoms with Gasteiger partial charge in [-0.1, -0.05) is 40.9 Å². The van der Waals surface area contributed by atoms with E-state index in [2.05, 4.69) is 27.0 Å². The molecule has 6 nitrogen and oxygen atoms in total. The quantitative estimate of drug-likeness (QED) is 0.285. The molecule has 31 heavy (non-hydrogen) atoms. The van der Waals surface area contributed by atoms with Crippen LogP contribution in [0.5, 0.6) is 0 Å². The zero-order chi connectivity index (χ0) is 22.8. The van der Waals surface area contributed by atoms with E-state index >= 15 is 0 Å². The normalized spacial score (nSPS) is 13.5. The molecule has 3 N–H and O–H groups in total. The van der Waals surface area contributed by atoms with Crippen molar-refractivity contribution in [2.75, 3.05) is 0 Å². The summed E-state index contributed by atoms with van der Waals surface area (Å²) in [4.78, 5) is 24.8. The zero-order valence-electron chi connectivity index (χ0n) is 16.6. The average Bonchev–Trinajstić information content (AvgIpc) is 2.75. The van der Waals surface area contributed by atoms with Gasteiger partial charge in [0.1, 0.15) is 6.34 Å². The van der Waals surface area contributed by atoms with E-state index in [4.69, 9.17) is 40.5 Å². The third kappa shape index (κ3) is 7.36. The summed E-state index contributed by atoms with van der Waals surface area (Å²) in [5.41, 5.74) is 7.38. The number of aliphatic imine (C=N–C) groups is 3. The van der Waals surface area contributed by atoms with Crippen LogP contribution in [0.15, 0.2) is 80.3 Å². The molecule has 0 radical (unpaired) electrons. The summed E-state index contributed by atoms with van der Waals surface area (Å²) in [5, 5.41) is 4.26. The van der Waals surface area contributed by atoms with Crippen molar-refractivity contribution >= 4 is 65.8 Å². The topological polar surface area (TPSA) is 92.2 Å². The molecule has 0 saturated heterocycles. The van der Waals surface area contributed by atoms with Crippen LogP contribution in [0.2, 0.25) is 10.0 Å². The lowest BCUT2D eigenvalue weighted by Gasteiger charge is -2.20. The third-order valence-corrected chi connectivity index (χ3v) is 4.87. The Kier molecular flexibility index (Phi) is 9.46. The van der Waals surface area contributed by atoms with E-state index in [1.54, 1.807) is 61.5 Å². The van der Waals surface area contributed by atoms with Crippen molar-refractivity contribution in [2.45, 2.75) is 13.0 Å². The Labute approximate surface area is 195 Å². The Balaban J connectivity index is 2.36. The minimum Gasteiger partial charge on any atom is -0.390 e. The largest absolute Gasteiger partial charge is 0.390 e. The van der Waals surface area contributed by atoms with Crippen LogP contribution in [0.4, 0.5) is 5.69 Å². The predicted molar refractivity (Wildman–Crippen MR) is 131 cm³/mol. The third-order valence-electron chi connectivity index (χ3n) is 4.00. The summed E-state index contributed by atoms with van der Waals surface area (Å²) in [6, 6.07) is 11.1. The standard InChI is InChI=1S/C22H20Cl3N5O/c1-14(23)3-10-20(27-2)21(16-6-9-18(24)19(25)11-16)30-22(31)15-4-7-17(8-5-15)29-13-28-12-26/h3-13,21H,2H2,1H3,(H,30,31)(H2,26,28,29)/b14-3+,20-10-/t21-/m0/s1. The number of halogens is 3. The fourth-order valence-electron chi connectivity index (χ4n) is 2.51.